The topological polar surface area (TPSA) is 104 Å². The number of benzene rings is 1. The van der Waals surface area contributed by atoms with Gasteiger partial charge in [0, 0.05) is 29.8 Å². The molecule has 0 bridgehead atoms. The molecule has 4 rings (SSSR count). The minimum Gasteiger partial charge on any atom is -0.444 e. The van der Waals surface area contributed by atoms with Crippen molar-refractivity contribution in [2.24, 2.45) is 13.0 Å². The van der Waals surface area contributed by atoms with Crippen LogP contribution in [0.5, 0.6) is 0 Å². The number of halogens is 1. The highest BCUT2D eigenvalue weighted by Gasteiger charge is 2.38. The molecule has 2 heterocycles. The van der Waals surface area contributed by atoms with Crippen LogP contribution in [0.3, 0.4) is 0 Å². The molecule has 1 amide bonds. The molecule has 1 fully saturated rings. The zero-order valence-corrected chi connectivity index (χ0v) is 21.4. The Morgan fingerprint density at radius 3 is 2.69 bits per heavy atom. The molecule has 0 spiro atoms. The van der Waals surface area contributed by atoms with E-state index in [4.69, 9.17) is 4.74 Å². The number of ether oxygens (including phenoxy) is 1. The largest absolute Gasteiger partial charge is 0.444 e. The maximum absolute atomic E-state index is 15.1. The van der Waals surface area contributed by atoms with Crippen LogP contribution in [0.4, 0.5) is 26.5 Å². The van der Waals surface area contributed by atoms with Crippen LogP contribution in [0, 0.1) is 23.1 Å². The molecule has 9 heteroatoms. The van der Waals surface area contributed by atoms with Crippen LogP contribution < -0.4 is 16.0 Å². The van der Waals surface area contributed by atoms with Gasteiger partial charge in [0.25, 0.3) is 0 Å². The Balaban J connectivity index is 1.61. The van der Waals surface area contributed by atoms with Crippen LogP contribution in [-0.2, 0) is 11.8 Å². The highest BCUT2D eigenvalue weighted by Crippen LogP contribution is 2.37. The van der Waals surface area contributed by atoms with Gasteiger partial charge in [-0.2, -0.15) is 5.26 Å². The fraction of sp³-hybridized carbons (Fsp3) is 0.444. The monoisotopic (exact) mass is 492 g/mol. The van der Waals surface area contributed by atoms with Gasteiger partial charge in [0.05, 0.1) is 17.6 Å². The van der Waals surface area contributed by atoms with Crippen molar-refractivity contribution in [3.05, 3.63) is 47.9 Å². The highest BCUT2D eigenvalue weighted by molar-refractivity contribution is 5.94. The maximum atomic E-state index is 15.1. The van der Waals surface area contributed by atoms with Gasteiger partial charge in [0.1, 0.15) is 11.7 Å². The Kier molecular flexibility index (Phi) is 7.07. The molecule has 0 saturated heterocycles. The summed E-state index contributed by atoms with van der Waals surface area (Å²) < 4.78 is 22.5. The lowest BCUT2D eigenvalue weighted by Gasteiger charge is -2.30. The lowest BCUT2D eigenvalue weighted by atomic mass is 10.0. The molecular weight excluding hydrogens is 459 g/mol. The first-order valence-electron chi connectivity index (χ1n) is 12.3. The minimum atomic E-state index is -0.618. The summed E-state index contributed by atoms with van der Waals surface area (Å²) in [5.74, 6) is -0.0393. The van der Waals surface area contributed by atoms with Gasteiger partial charge >= 0.3 is 6.09 Å². The van der Waals surface area contributed by atoms with Crippen molar-refractivity contribution in [3.8, 4) is 6.07 Å². The van der Waals surface area contributed by atoms with E-state index in [2.05, 4.69) is 20.9 Å². The number of nitrogens with zero attached hydrogens (tertiary/aromatic N) is 3. The van der Waals surface area contributed by atoms with Crippen molar-refractivity contribution >= 4 is 34.3 Å². The third kappa shape index (κ3) is 5.70. The highest BCUT2D eigenvalue weighted by atomic mass is 19.1. The van der Waals surface area contributed by atoms with Crippen LogP contribution >= 0.6 is 0 Å². The van der Waals surface area contributed by atoms with E-state index < -0.39 is 17.5 Å². The zero-order chi connectivity index (χ0) is 26.0. The molecule has 2 atom stereocenters. The van der Waals surface area contributed by atoms with Crippen LogP contribution in [0.1, 0.15) is 52.5 Å². The molecule has 1 aliphatic carbocycles. The second kappa shape index (κ2) is 10.1. The first-order valence-corrected chi connectivity index (χ1v) is 12.3. The van der Waals surface area contributed by atoms with Crippen molar-refractivity contribution in [2.75, 3.05) is 10.6 Å². The molecule has 36 heavy (non-hydrogen) atoms. The van der Waals surface area contributed by atoms with Crippen molar-refractivity contribution in [3.63, 3.8) is 0 Å². The van der Waals surface area contributed by atoms with E-state index in [1.54, 1.807) is 0 Å². The predicted molar refractivity (Wildman–Crippen MR) is 139 cm³/mol. The molecule has 190 valence electrons. The standard InChI is InChI=1S/C27H33FN6O2/c1-6-20(31-26(35)36-27(2,3)4)23(16-10-11-16)32-25-19(28)14-17(15-29)24(33-25)30-21-8-7-9-22-18(21)12-13-34(22)5/h7-9,12-14,16,20,23H,6,10-11H2,1-5H3,(H,31,35)(H2,30,32,33)/t20-,23+/m0/s1. The SMILES string of the molecule is CC[C@H](NC(=O)OC(C)(C)C)[C@H](Nc1nc(Nc2cccc3c2ccn3C)c(C#N)cc1F)C1CC1. The number of hydrogen-bond donors (Lipinski definition) is 3. The summed E-state index contributed by atoms with van der Waals surface area (Å²) >= 11 is 0. The van der Waals surface area contributed by atoms with Crippen LogP contribution in [0.2, 0.25) is 0 Å². The molecule has 8 nitrogen and oxygen atoms in total. The molecule has 3 N–H and O–H groups in total. The number of pyridine rings is 1. The molecule has 1 saturated carbocycles. The van der Waals surface area contributed by atoms with Crippen molar-refractivity contribution in [1.82, 2.24) is 14.9 Å². The van der Waals surface area contributed by atoms with Gasteiger partial charge in [-0.25, -0.2) is 14.2 Å². The molecule has 3 aromatic rings. The average Bonchev–Trinajstić information content (AvgIpc) is 3.59. The van der Waals surface area contributed by atoms with E-state index in [1.165, 1.54) is 6.07 Å². The number of hydrogen-bond acceptors (Lipinski definition) is 6. The number of aryl methyl sites for hydroxylation is 1. The summed E-state index contributed by atoms with van der Waals surface area (Å²) in [6, 6.07) is 10.5. The predicted octanol–water partition coefficient (Wildman–Crippen LogP) is 5.82. The number of nitrogens with one attached hydrogen (secondary N) is 3. The molecular formula is C27H33FN6O2. The molecule has 1 aromatic carbocycles. The Hall–Kier alpha value is -3.80. The van der Waals surface area contributed by atoms with Crippen LogP contribution in [0.15, 0.2) is 36.5 Å². The number of carbonyl (C=O) groups excluding carboxylic acids is 1. The zero-order valence-electron chi connectivity index (χ0n) is 21.4. The molecule has 0 radical (unpaired) electrons. The van der Waals surface area contributed by atoms with Gasteiger partial charge in [-0.15, -0.1) is 0 Å². The Morgan fingerprint density at radius 2 is 2.06 bits per heavy atom. The molecule has 2 aromatic heterocycles. The van der Waals surface area contributed by atoms with Crippen molar-refractivity contribution in [1.29, 1.82) is 5.26 Å². The number of alkyl carbamates (subject to hydrolysis) is 1. The van der Waals surface area contributed by atoms with Crippen LogP contribution in [0.25, 0.3) is 10.9 Å². The van der Waals surface area contributed by atoms with Crippen molar-refractivity contribution < 1.29 is 13.9 Å². The summed E-state index contributed by atoms with van der Waals surface area (Å²) in [6.45, 7) is 7.40. The van der Waals surface area contributed by atoms with Gasteiger partial charge < -0.3 is 25.3 Å². The molecule has 1 aliphatic rings. The van der Waals surface area contributed by atoms with E-state index in [9.17, 15) is 10.1 Å². The summed E-state index contributed by atoms with van der Waals surface area (Å²) in [4.78, 5) is 16.9. The number of rotatable bonds is 8. The van der Waals surface area contributed by atoms with E-state index in [0.717, 1.165) is 29.4 Å². The number of nitriles is 1. The Labute approximate surface area is 210 Å². The number of amides is 1. The summed E-state index contributed by atoms with van der Waals surface area (Å²) in [5.41, 5.74) is 1.28. The van der Waals surface area contributed by atoms with Gasteiger partial charge in [-0.1, -0.05) is 13.0 Å². The third-order valence-corrected chi connectivity index (χ3v) is 6.29. The Bertz CT molecular complexity index is 1300. The maximum Gasteiger partial charge on any atom is 0.407 e. The Morgan fingerprint density at radius 1 is 1.31 bits per heavy atom. The van der Waals surface area contributed by atoms with E-state index >= 15 is 4.39 Å². The van der Waals surface area contributed by atoms with Gasteiger partial charge in [-0.05, 0) is 70.2 Å². The quantitative estimate of drug-likeness (QED) is 0.366. The summed E-state index contributed by atoms with van der Waals surface area (Å²) in [6.07, 6.45) is 4.03. The van der Waals surface area contributed by atoms with E-state index in [1.807, 2.05) is 75.8 Å². The fourth-order valence-corrected chi connectivity index (χ4v) is 4.37. The van der Waals surface area contributed by atoms with Crippen LogP contribution in [-0.4, -0.2) is 33.3 Å². The van der Waals surface area contributed by atoms with E-state index in [0.29, 0.717) is 6.42 Å². The van der Waals surface area contributed by atoms with Gasteiger partial charge in [-0.3, -0.25) is 0 Å². The number of carbonyl (C=O) groups is 1. The molecule has 0 unspecified atom stereocenters. The van der Waals surface area contributed by atoms with E-state index in [-0.39, 0.29) is 35.2 Å². The number of fused-ring (bicyclic) bond motifs is 1. The second-order valence-corrected chi connectivity index (χ2v) is 10.3. The third-order valence-electron chi connectivity index (χ3n) is 6.29. The average molecular weight is 493 g/mol. The smallest absolute Gasteiger partial charge is 0.407 e. The lowest BCUT2D eigenvalue weighted by Crippen LogP contribution is -2.49. The second-order valence-electron chi connectivity index (χ2n) is 10.3. The van der Waals surface area contributed by atoms with Gasteiger partial charge in [0.2, 0.25) is 0 Å². The lowest BCUT2D eigenvalue weighted by molar-refractivity contribution is 0.0495. The van der Waals surface area contributed by atoms with Gasteiger partial charge in [0.15, 0.2) is 17.5 Å². The fourth-order valence-electron chi connectivity index (χ4n) is 4.37. The van der Waals surface area contributed by atoms with Crippen molar-refractivity contribution in [2.45, 2.75) is 64.6 Å². The minimum absolute atomic E-state index is 0.0399. The normalized spacial score (nSPS) is 15.1. The molecule has 0 aliphatic heterocycles. The summed E-state index contributed by atoms with van der Waals surface area (Å²) in [5, 5.41) is 20.0. The first kappa shape index (κ1) is 25.3. The number of aromatic nitrogens is 2. The first-order chi connectivity index (χ1) is 17.1. The number of anilines is 3. The summed E-state index contributed by atoms with van der Waals surface area (Å²) in [7, 11) is 1.96.